The van der Waals surface area contributed by atoms with E-state index in [1.807, 2.05) is 0 Å². The van der Waals surface area contributed by atoms with Crippen LogP contribution in [0.25, 0.3) is 0 Å². The van der Waals surface area contributed by atoms with E-state index in [-0.39, 0.29) is 5.48 Å². The van der Waals surface area contributed by atoms with E-state index in [4.69, 9.17) is 11.5 Å². The first-order valence-corrected chi connectivity index (χ1v) is 3.32. The number of nitrogens with two attached hydrogens (primary N) is 2. The first kappa shape index (κ1) is 11.6. The number of unbranched alkanes of at least 4 members (excludes halogenated alkanes) is 3. The van der Waals surface area contributed by atoms with Crippen molar-refractivity contribution in [3.8, 4) is 0 Å². The zero-order chi connectivity index (χ0) is 6.24. The van der Waals surface area contributed by atoms with Crippen LogP contribution in [-0.2, 0) is 0 Å². The molecular formula is C6H18N2O. The van der Waals surface area contributed by atoms with E-state index in [9.17, 15) is 0 Å². The maximum Gasteiger partial charge on any atom is -0.00773 e. The largest absolute Gasteiger partial charge is 0.412 e. The van der Waals surface area contributed by atoms with Crippen molar-refractivity contribution in [3.63, 3.8) is 0 Å². The van der Waals surface area contributed by atoms with Crippen LogP contribution < -0.4 is 11.5 Å². The minimum atomic E-state index is 0. The summed E-state index contributed by atoms with van der Waals surface area (Å²) in [5.74, 6) is 0. The van der Waals surface area contributed by atoms with Gasteiger partial charge in [0, 0.05) is 0 Å². The Morgan fingerprint density at radius 2 is 1.00 bits per heavy atom. The summed E-state index contributed by atoms with van der Waals surface area (Å²) in [4.78, 5) is 0. The van der Waals surface area contributed by atoms with Crippen LogP contribution in [0.3, 0.4) is 0 Å². The lowest BCUT2D eigenvalue weighted by Gasteiger charge is -1.94. The van der Waals surface area contributed by atoms with Crippen molar-refractivity contribution in [2.45, 2.75) is 25.7 Å². The van der Waals surface area contributed by atoms with Gasteiger partial charge in [0.2, 0.25) is 0 Å². The van der Waals surface area contributed by atoms with Crippen molar-refractivity contribution in [2.24, 2.45) is 11.5 Å². The Balaban J connectivity index is 0. The predicted octanol–water partition coefficient (Wildman–Crippen LogP) is -0.360. The van der Waals surface area contributed by atoms with Gasteiger partial charge >= 0.3 is 0 Å². The monoisotopic (exact) mass is 134 g/mol. The van der Waals surface area contributed by atoms with Crippen LogP contribution in [-0.4, -0.2) is 18.6 Å². The molecule has 9 heavy (non-hydrogen) atoms. The zero-order valence-electron chi connectivity index (χ0n) is 5.90. The molecule has 0 aliphatic carbocycles. The van der Waals surface area contributed by atoms with Gasteiger partial charge in [0.05, 0.1) is 0 Å². The summed E-state index contributed by atoms with van der Waals surface area (Å²) in [6, 6.07) is 0. The van der Waals surface area contributed by atoms with Gasteiger partial charge in [-0.1, -0.05) is 12.8 Å². The van der Waals surface area contributed by atoms with Crippen LogP contribution in [0, 0.1) is 0 Å². The molecule has 0 aliphatic heterocycles. The van der Waals surface area contributed by atoms with E-state index in [1.54, 1.807) is 0 Å². The fourth-order valence-corrected chi connectivity index (χ4v) is 0.642. The SMILES string of the molecule is NCCCCCCN.O. The molecule has 0 aromatic heterocycles. The Bertz CT molecular complexity index is 36.0. The van der Waals surface area contributed by atoms with Crippen molar-refractivity contribution < 1.29 is 5.48 Å². The normalized spacial score (nSPS) is 8.67. The van der Waals surface area contributed by atoms with Crippen molar-refractivity contribution >= 4 is 0 Å². The highest BCUT2D eigenvalue weighted by Gasteiger charge is 1.83. The summed E-state index contributed by atoms with van der Waals surface area (Å²) >= 11 is 0. The van der Waals surface area contributed by atoms with Crippen LogP contribution in [0.15, 0.2) is 0 Å². The van der Waals surface area contributed by atoms with Crippen molar-refractivity contribution in [1.82, 2.24) is 0 Å². The van der Waals surface area contributed by atoms with Crippen molar-refractivity contribution in [1.29, 1.82) is 0 Å². The first-order chi connectivity index (χ1) is 3.91. The molecule has 0 amide bonds. The molecule has 0 aromatic rings. The molecule has 0 fully saturated rings. The molecule has 0 heterocycles. The Morgan fingerprint density at radius 3 is 1.22 bits per heavy atom. The smallest absolute Gasteiger partial charge is 0.00773 e. The Hall–Kier alpha value is -0.120. The quantitative estimate of drug-likeness (QED) is 0.503. The molecule has 0 spiro atoms. The minimum Gasteiger partial charge on any atom is -0.412 e. The van der Waals surface area contributed by atoms with E-state index >= 15 is 0 Å². The highest BCUT2D eigenvalue weighted by Crippen LogP contribution is 1.95. The van der Waals surface area contributed by atoms with Crippen LogP contribution >= 0.6 is 0 Å². The van der Waals surface area contributed by atoms with Gasteiger partial charge in [-0.25, -0.2) is 0 Å². The molecule has 0 bridgehead atoms. The maximum atomic E-state index is 5.28. The summed E-state index contributed by atoms with van der Waals surface area (Å²) < 4.78 is 0. The molecule has 3 nitrogen and oxygen atoms in total. The lowest BCUT2D eigenvalue weighted by molar-refractivity contribution is 0.653. The van der Waals surface area contributed by atoms with Crippen molar-refractivity contribution in [3.05, 3.63) is 0 Å². The molecule has 3 heteroatoms. The highest BCUT2D eigenvalue weighted by atomic mass is 16.0. The van der Waals surface area contributed by atoms with Crippen LogP contribution in [0.2, 0.25) is 0 Å². The topological polar surface area (TPSA) is 83.5 Å². The molecule has 0 aromatic carbocycles. The lowest BCUT2D eigenvalue weighted by atomic mass is 10.2. The minimum absolute atomic E-state index is 0. The van der Waals surface area contributed by atoms with Crippen LogP contribution in [0.5, 0.6) is 0 Å². The average molecular weight is 134 g/mol. The summed E-state index contributed by atoms with van der Waals surface area (Å²) in [7, 11) is 0. The van der Waals surface area contributed by atoms with Gasteiger partial charge in [-0.3, -0.25) is 0 Å². The molecule has 0 radical (unpaired) electrons. The molecule has 6 N–H and O–H groups in total. The summed E-state index contributed by atoms with van der Waals surface area (Å²) in [5, 5.41) is 0. The fraction of sp³-hybridized carbons (Fsp3) is 1.00. The highest BCUT2D eigenvalue weighted by molar-refractivity contribution is 4.43. The molecule has 0 saturated heterocycles. The van der Waals surface area contributed by atoms with E-state index in [0.717, 1.165) is 25.9 Å². The van der Waals surface area contributed by atoms with Gasteiger partial charge in [0.25, 0.3) is 0 Å². The summed E-state index contributed by atoms with van der Waals surface area (Å²) in [5.41, 5.74) is 10.6. The Morgan fingerprint density at radius 1 is 0.667 bits per heavy atom. The Kier molecular flexibility index (Phi) is 14.0. The van der Waals surface area contributed by atoms with Crippen molar-refractivity contribution in [2.75, 3.05) is 13.1 Å². The van der Waals surface area contributed by atoms with E-state index in [2.05, 4.69) is 0 Å². The number of rotatable bonds is 5. The van der Waals surface area contributed by atoms with E-state index in [0.29, 0.717) is 0 Å². The van der Waals surface area contributed by atoms with Gasteiger partial charge in [0.1, 0.15) is 0 Å². The number of hydrogen-bond acceptors (Lipinski definition) is 2. The summed E-state index contributed by atoms with van der Waals surface area (Å²) in [6.07, 6.45) is 4.79. The van der Waals surface area contributed by atoms with E-state index in [1.165, 1.54) is 12.8 Å². The molecule has 0 unspecified atom stereocenters. The van der Waals surface area contributed by atoms with Gasteiger partial charge in [-0.05, 0) is 25.9 Å². The first-order valence-electron chi connectivity index (χ1n) is 3.32. The third-order valence-electron chi connectivity index (χ3n) is 1.16. The second-order valence-corrected chi connectivity index (χ2v) is 1.99. The molecule has 0 rings (SSSR count). The van der Waals surface area contributed by atoms with Gasteiger partial charge < -0.3 is 16.9 Å². The molecule has 0 atom stereocenters. The maximum absolute atomic E-state index is 5.28. The summed E-state index contributed by atoms with van der Waals surface area (Å²) in [6.45, 7) is 1.65. The predicted molar refractivity (Wildman–Crippen MR) is 40.2 cm³/mol. The lowest BCUT2D eigenvalue weighted by Crippen LogP contribution is -2.00. The van der Waals surface area contributed by atoms with Gasteiger partial charge in [-0.15, -0.1) is 0 Å². The molecule has 0 aliphatic rings. The third kappa shape index (κ3) is 11.4. The fourth-order valence-electron chi connectivity index (χ4n) is 0.642. The Labute approximate surface area is 56.7 Å². The van der Waals surface area contributed by atoms with Gasteiger partial charge in [-0.2, -0.15) is 0 Å². The second-order valence-electron chi connectivity index (χ2n) is 1.99. The van der Waals surface area contributed by atoms with E-state index < -0.39 is 0 Å². The van der Waals surface area contributed by atoms with Crippen LogP contribution in [0.1, 0.15) is 25.7 Å². The second kappa shape index (κ2) is 10.8. The van der Waals surface area contributed by atoms with Crippen LogP contribution in [0.4, 0.5) is 0 Å². The number of hydrogen-bond donors (Lipinski definition) is 2. The average Bonchev–Trinajstić information content (AvgIpc) is 1.81. The zero-order valence-corrected chi connectivity index (χ0v) is 5.90. The van der Waals surface area contributed by atoms with Gasteiger partial charge in [0.15, 0.2) is 0 Å². The third-order valence-corrected chi connectivity index (χ3v) is 1.16. The molecule has 0 saturated carbocycles. The molecular weight excluding hydrogens is 116 g/mol. The molecule has 58 valence electrons. The standard InChI is InChI=1S/C6H16N2.H2O/c7-5-3-1-2-4-6-8;/h1-8H2;1H2.